The third-order valence-electron chi connectivity index (χ3n) is 2.43. The van der Waals surface area contributed by atoms with Crippen LogP contribution in [0, 0.1) is 0 Å². The molecular formula is C10H14N2O2. The molecule has 76 valence electrons. The van der Waals surface area contributed by atoms with Crippen LogP contribution in [0.4, 0.5) is 0 Å². The lowest BCUT2D eigenvalue weighted by molar-refractivity contribution is -0.144. The van der Waals surface area contributed by atoms with Crippen LogP contribution in [-0.2, 0) is 9.53 Å². The van der Waals surface area contributed by atoms with Crippen molar-refractivity contribution in [3.05, 3.63) is 23.4 Å². The second kappa shape index (κ2) is 3.84. The molecule has 0 amide bonds. The summed E-state index contributed by atoms with van der Waals surface area (Å²) in [6, 6.07) is -0.296. The van der Waals surface area contributed by atoms with Gasteiger partial charge in [0.15, 0.2) is 0 Å². The van der Waals surface area contributed by atoms with Crippen molar-refractivity contribution in [2.24, 2.45) is 0 Å². The molecule has 0 aromatic heterocycles. The zero-order chi connectivity index (χ0) is 9.97. The number of allylic oxidation sites excluding steroid dienone is 2. The molecule has 2 N–H and O–H groups in total. The van der Waals surface area contributed by atoms with Gasteiger partial charge in [-0.05, 0) is 31.4 Å². The lowest BCUT2D eigenvalue weighted by Crippen LogP contribution is -2.39. The molecule has 0 radical (unpaired) electrons. The zero-order valence-corrected chi connectivity index (χ0v) is 8.17. The second-order valence-corrected chi connectivity index (χ2v) is 3.33. The van der Waals surface area contributed by atoms with Crippen molar-refractivity contribution in [3.63, 3.8) is 0 Å². The molecule has 0 saturated heterocycles. The van der Waals surface area contributed by atoms with E-state index in [1.54, 1.807) is 0 Å². The summed E-state index contributed by atoms with van der Waals surface area (Å²) < 4.78 is 4.98. The Balaban J connectivity index is 2.12. The normalized spacial score (nSPS) is 24.5. The van der Waals surface area contributed by atoms with Crippen LogP contribution >= 0.6 is 0 Å². The summed E-state index contributed by atoms with van der Waals surface area (Å²) >= 11 is 0. The molecule has 4 heteroatoms. The van der Waals surface area contributed by atoms with Crippen LogP contribution in [0.3, 0.4) is 0 Å². The van der Waals surface area contributed by atoms with Crippen LogP contribution in [0.5, 0.6) is 0 Å². The van der Waals surface area contributed by atoms with Gasteiger partial charge in [-0.25, -0.2) is 10.2 Å². The van der Waals surface area contributed by atoms with Crippen molar-refractivity contribution in [2.45, 2.75) is 25.8 Å². The van der Waals surface area contributed by atoms with E-state index in [1.807, 2.05) is 13.0 Å². The van der Waals surface area contributed by atoms with Gasteiger partial charge in [0.1, 0.15) is 6.04 Å². The molecule has 4 nitrogen and oxygen atoms in total. The third-order valence-corrected chi connectivity index (χ3v) is 2.43. The maximum atomic E-state index is 11.5. The van der Waals surface area contributed by atoms with Crippen molar-refractivity contribution in [1.29, 1.82) is 0 Å². The average molecular weight is 194 g/mol. The summed E-state index contributed by atoms with van der Waals surface area (Å²) in [6.07, 6.45) is 6.03. The summed E-state index contributed by atoms with van der Waals surface area (Å²) in [5.41, 5.74) is 8.06. The molecule has 0 spiro atoms. The van der Waals surface area contributed by atoms with E-state index < -0.39 is 0 Å². The van der Waals surface area contributed by atoms with Gasteiger partial charge in [-0.1, -0.05) is 6.08 Å². The van der Waals surface area contributed by atoms with E-state index in [1.165, 1.54) is 0 Å². The molecule has 14 heavy (non-hydrogen) atoms. The standard InChI is InChI=1S/C10H14N2O2/c1-2-14-10(13)9-7-5-3-4-6-8(7)11-12-9/h4,6,9,11-12H,2-3,5H2,1H3. The van der Waals surface area contributed by atoms with Gasteiger partial charge < -0.3 is 10.2 Å². The molecule has 0 fully saturated rings. The summed E-state index contributed by atoms with van der Waals surface area (Å²) in [4.78, 5) is 11.5. The summed E-state index contributed by atoms with van der Waals surface area (Å²) in [7, 11) is 0. The Hall–Kier alpha value is -1.29. The fraction of sp³-hybridized carbons (Fsp3) is 0.500. The predicted octanol–water partition coefficient (Wildman–Crippen LogP) is 0.630. The molecular weight excluding hydrogens is 180 g/mol. The highest BCUT2D eigenvalue weighted by Gasteiger charge is 2.31. The second-order valence-electron chi connectivity index (χ2n) is 3.33. The van der Waals surface area contributed by atoms with E-state index in [0.29, 0.717) is 6.61 Å². The summed E-state index contributed by atoms with van der Waals surface area (Å²) in [6.45, 7) is 2.24. The van der Waals surface area contributed by atoms with E-state index in [2.05, 4.69) is 16.9 Å². The maximum Gasteiger partial charge on any atom is 0.329 e. The van der Waals surface area contributed by atoms with Crippen LogP contribution < -0.4 is 10.9 Å². The molecule has 0 aromatic carbocycles. The van der Waals surface area contributed by atoms with Gasteiger partial charge in [-0.15, -0.1) is 0 Å². The number of nitrogens with one attached hydrogen (secondary N) is 2. The third kappa shape index (κ3) is 1.53. The van der Waals surface area contributed by atoms with Crippen molar-refractivity contribution in [2.75, 3.05) is 6.61 Å². The molecule has 1 unspecified atom stereocenters. The number of esters is 1. The molecule has 1 aliphatic carbocycles. The van der Waals surface area contributed by atoms with Crippen molar-refractivity contribution in [1.82, 2.24) is 10.9 Å². The zero-order valence-electron chi connectivity index (χ0n) is 8.17. The van der Waals surface area contributed by atoms with E-state index in [4.69, 9.17) is 4.74 Å². The highest BCUT2D eigenvalue weighted by molar-refractivity contribution is 5.80. The molecule has 2 aliphatic rings. The van der Waals surface area contributed by atoms with Crippen LogP contribution in [-0.4, -0.2) is 18.6 Å². The van der Waals surface area contributed by atoms with Gasteiger partial charge in [0.05, 0.1) is 6.61 Å². The summed E-state index contributed by atoms with van der Waals surface area (Å²) in [5.74, 6) is -0.194. The largest absolute Gasteiger partial charge is 0.465 e. The number of ether oxygens (including phenoxy) is 1. The van der Waals surface area contributed by atoms with Crippen LogP contribution in [0.1, 0.15) is 19.8 Å². The monoisotopic (exact) mass is 194 g/mol. The first-order valence-electron chi connectivity index (χ1n) is 4.90. The van der Waals surface area contributed by atoms with Gasteiger partial charge in [0, 0.05) is 5.70 Å². The molecule has 2 rings (SSSR count). The highest BCUT2D eigenvalue weighted by atomic mass is 16.5. The molecule has 1 aliphatic heterocycles. The van der Waals surface area contributed by atoms with E-state index >= 15 is 0 Å². The minimum absolute atomic E-state index is 0.194. The smallest absolute Gasteiger partial charge is 0.329 e. The molecule has 1 heterocycles. The Kier molecular flexibility index (Phi) is 2.54. The first-order chi connectivity index (χ1) is 6.83. The quantitative estimate of drug-likeness (QED) is 0.633. The van der Waals surface area contributed by atoms with Gasteiger partial charge >= 0.3 is 5.97 Å². The first kappa shape index (κ1) is 9.27. The SMILES string of the molecule is CCOC(=O)C1NNC2=C1CCC=C2. The van der Waals surface area contributed by atoms with Crippen LogP contribution in [0.2, 0.25) is 0 Å². The number of rotatable bonds is 2. The predicted molar refractivity (Wildman–Crippen MR) is 52.1 cm³/mol. The lowest BCUT2D eigenvalue weighted by atomic mass is 9.97. The van der Waals surface area contributed by atoms with Gasteiger partial charge in [0.25, 0.3) is 0 Å². The topological polar surface area (TPSA) is 50.4 Å². The Labute approximate surface area is 83.0 Å². The van der Waals surface area contributed by atoms with E-state index in [0.717, 1.165) is 24.1 Å². The molecule has 0 saturated carbocycles. The minimum atomic E-state index is -0.296. The van der Waals surface area contributed by atoms with Gasteiger partial charge in [-0.3, -0.25) is 0 Å². The maximum absolute atomic E-state index is 11.5. The van der Waals surface area contributed by atoms with Crippen LogP contribution in [0.15, 0.2) is 23.4 Å². The lowest BCUT2D eigenvalue weighted by Gasteiger charge is -2.13. The Bertz CT molecular complexity index is 307. The Morgan fingerprint density at radius 3 is 3.36 bits per heavy atom. The van der Waals surface area contributed by atoms with Crippen molar-refractivity contribution in [3.8, 4) is 0 Å². The molecule has 1 atom stereocenters. The number of hydrogen-bond donors (Lipinski definition) is 2. The number of hydrogen-bond acceptors (Lipinski definition) is 4. The fourth-order valence-corrected chi connectivity index (χ4v) is 1.77. The minimum Gasteiger partial charge on any atom is -0.465 e. The Morgan fingerprint density at radius 1 is 1.71 bits per heavy atom. The molecule has 0 bridgehead atoms. The van der Waals surface area contributed by atoms with Crippen molar-refractivity contribution >= 4 is 5.97 Å². The number of hydrazine groups is 1. The van der Waals surface area contributed by atoms with E-state index in [-0.39, 0.29) is 12.0 Å². The number of carbonyl (C=O) groups is 1. The number of carbonyl (C=O) groups excluding carboxylic acids is 1. The average Bonchev–Trinajstić information content (AvgIpc) is 2.61. The summed E-state index contributed by atoms with van der Waals surface area (Å²) in [5, 5.41) is 0. The molecule has 0 aromatic rings. The van der Waals surface area contributed by atoms with Crippen LogP contribution in [0.25, 0.3) is 0 Å². The van der Waals surface area contributed by atoms with E-state index in [9.17, 15) is 4.79 Å². The Morgan fingerprint density at radius 2 is 2.57 bits per heavy atom. The van der Waals surface area contributed by atoms with Gasteiger partial charge in [-0.2, -0.15) is 0 Å². The van der Waals surface area contributed by atoms with Crippen molar-refractivity contribution < 1.29 is 9.53 Å². The highest BCUT2D eigenvalue weighted by Crippen LogP contribution is 2.24. The first-order valence-corrected chi connectivity index (χ1v) is 4.90. The fourth-order valence-electron chi connectivity index (χ4n) is 1.77. The van der Waals surface area contributed by atoms with Gasteiger partial charge in [0.2, 0.25) is 0 Å².